The molecule has 6 nitrogen and oxygen atoms in total. The van der Waals surface area contributed by atoms with E-state index in [4.69, 9.17) is 19.8 Å². The summed E-state index contributed by atoms with van der Waals surface area (Å²) in [6.45, 7) is 3.54. The molecule has 0 aromatic heterocycles. The number of nitriles is 1. The Morgan fingerprint density at radius 1 is 1.17 bits per heavy atom. The van der Waals surface area contributed by atoms with Crippen LogP contribution in [0.1, 0.15) is 31.4 Å². The molecular formula is C18H21NO5. The van der Waals surface area contributed by atoms with Gasteiger partial charge in [0.15, 0.2) is 5.41 Å². The second-order valence-electron chi connectivity index (χ2n) is 5.10. The average molecular weight is 331 g/mol. The fourth-order valence-electron chi connectivity index (χ4n) is 2.30. The lowest BCUT2D eigenvalue weighted by atomic mass is 9.78. The Morgan fingerprint density at radius 2 is 1.71 bits per heavy atom. The zero-order chi connectivity index (χ0) is 18.0. The number of ether oxygens (including phenoxy) is 2. The summed E-state index contributed by atoms with van der Waals surface area (Å²) in [5, 5.41) is 17.8. The summed E-state index contributed by atoms with van der Waals surface area (Å²) in [6.07, 6.45) is 2.09. The van der Waals surface area contributed by atoms with E-state index >= 15 is 0 Å². The average Bonchev–Trinajstić information content (AvgIpc) is 2.59. The number of carbonyl (C=O) groups is 2. The third kappa shape index (κ3) is 4.59. The molecule has 1 N–H and O–H groups in total. The van der Waals surface area contributed by atoms with Gasteiger partial charge in [-0.2, -0.15) is 5.26 Å². The van der Waals surface area contributed by atoms with Gasteiger partial charge >= 0.3 is 11.9 Å². The first-order valence-electron chi connectivity index (χ1n) is 7.66. The Hall–Kier alpha value is -2.81. The highest BCUT2D eigenvalue weighted by Gasteiger charge is 2.48. The lowest BCUT2D eigenvalue weighted by Gasteiger charge is -2.28. The third-order valence-electron chi connectivity index (χ3n) is 3.49. The first kappa shape index (κ1) is 19.2. The SMILES string of the molecule is CCOC(=O)C(C/C=C\O)(Cc1ccc(C#N)cc1)C(=O)OCC. The summed E-state index contributed by atoms with van der Waals surface area (Å²) in [4.78, 5) is 25.0. The molecule has 0 radical (unpaired) electrons. The monoisotopic (exact) mass is 331 g/mol. The van der Waals surface area contributed by atoms with Crippen molar-refractivity contribution in [1.82, 2.24) is 0 Å². The molecule has 0 saturated carbocycles. The van der Waals surface area contributed by atoms with E-state index in [0.29, 0.717) is 11.1 Å². The Kier molecular flexibility index (Phi) is 7.50. The van der Waals surface area contributed by atoms with Crippen LogP contribution in [0.5, 0.6) is 0 Å². The van der Waals surface area contributed by atoms with E-state index in [1.807, 2.05) is 6.07 Å². The molecule has 0 aliphatic carbocycles. The highest BCUT2D eigenvalue weighted by atomic mass is 16.6. The van der Waals surface area contributed by atoms with Crippen molar-refractivity contribution in [2.45, 2.75) is 26.7 Å². The van der Waals surface area contributed by atoms with E-state index in [2.05, 4.69) is 0 Å². The van der Waals surface area contributed by atoms with Crippen LogP contribution in [0.2, 0.25) is 0 Å². The highest BCUT2D eigenvalue weighted by Crippen LogP contribution is 2.32. The Bertz CT molecular complexity index is 610. The summed E-state index contributed by atoms with van der Waals surface area (Å²) in [5.41, 5.74) is -0.423. The molecule has 1 aromatic rings. The molecule has 0 atom stereocenters. The molecule has 0 amide bonds. The van der Waals surface area contributed by atoms with Gasteiger partial charge in [0.05, 0.1) is 31.1 Å². The van der Waals surface area contributed by atoms with Crippen LogP contribution in [0.15, 0.2) is 36.6 Å². The van der Waals surface area contributed by atoms with Crippen LogP contribution in [-0.2, 0) is 25.5 Å². The molecule has 24 heavy (non-hydrogen) atoms. The van der Waals surface area contributed by atoms with Gasteiger partial charge in [-0.05, 0) is 50.5 Å². The molecule has 6 heteroatoms. The number of allylic oxidation sites excluding steroid dienone is 1. The van der Waals surface area contributed by atoms with Gasteiger partial charge in [-0.3, -0.25) is 9.59 Å². The van der Waals surface area contributed by atoms with Crippen LogP contribution >= 0.6 is 0 Å². The van der Waals surface area contributed by atoms with Gasteiger partial charge in [0.1, 0.15) is 0 Å². The summed E-state index contributed by atoms with van der Waals surface area (Å²) < 4.78 is 10.2. The maximum absolute atomic E-state index is 12.5. The van der Waals surface area contributed by atoms with Crippen LogP contribution in [0.3, 0.4) is 0 Å². The largest absolute Gasteiger partial charge is 0.516 e. The van der Waals surface area contributed by atoms with E-state index in [0.717, 1.165) is 6.26 Å². The number of rotatable bonds is 8. The van der Waals surface area contributed by atoms with Gasteiger partial charge in [-0.1, -0.05) is 12.1 Å². The van der Waals surface area contributed by atoms with Gasteiger partial charge in [0.25, 0.3) is 0 Å². The number of hydrogen-bond acceptors (Lipinski definition) is 6. The summed E-state index contributed by atoms with van der Waals surface area (Å²) in [5.74, 6) is -1.41. The summed E-state index contributed by atoms with van der Waals surface area (Å²) >= 11 is 0. The third-order valence-corrected chi connectivity index (χ3v) is 3.49. The van der Waals surface area contributed by atoms with Crippen LogP contribution in [0, 0.1) is 16.7 Å². The molecule has 0 aliphatic heterocycles. The predicted octanol–water partition coefficient (Wildman–Crippen LogP) is 2.68. The molecule has 0 fully saturated rings. The number of benzene rings is 1. The molecule has 0 unspecified atom stereocenters. The molecule has 0 aliphatic rings. The van der Waals surface area contributed by atoms with E-state index in [1.54, 1.807) is 38.1 Å². The van der Waals surface area contributed by atoms with Crippen molar-refractivity contribution in [3.05, 3.63) is 47.7 Å². The van der Waals surface area contributed by atoms with E-state index < -0.39 is 17.4 Å². The first-order valence-corrected chi connectivity index (χ1v) is 7.66. The van der Waals surface area contributed by atoms with Crippen molar-refractivity contribution in [2.75, 3.05) is 13.2 Å². The molecule has 0 saturated heterocycles. The van der Waals surface area contributed by atoms with Crippen molar-refractivity contribution in [1.29, 1.82) is 5.26 Å². The van der Waals surface area contributed by atoms with Crippen LogP contribution < -0.4 is 0 Å². The Morgan fingerprint density at radius 3 is 2.12 bits per heavy atom. The predicted molar refractivity (Wildman–Crippen MR) is 86.9 cm³/mol. The zero-order valence-electron chi connectivity index (χ0n) is 13.8. The van der Waals surface area contributed by atoms with E-state index in [-0.39, 0.29) is 26.1 Å². The van der Waals surface area contributed by atoms with Crippen molar-refractivity contribution < 1.29 is 24.2 Å². The molecule has 128 valence electrons. The van der Waals surface area contributed by atoms with Crippen LogP contribution in [-0.4, -0.2) is 30.3 Å². The Balaban J connectivity index is 3.27. The lowest BCUT2D eigenvalue weighted by Crippen LogP contribution is -2.43. The number of hydrogen-bond donors (Lipinski definition) is 1. The minimum Gasteiger partial charge on any atom is -0.516 e. The van der Waals surface area contributed by atoms with Gasteiger partial charge in [-0.25, -0.2) is 0 Å². The van der Waals surface area contributed by atoms with E-state index in [9.17, 15) is 9.59 Å². The molecule has 1 aromatic carbocycles. The maximum Gasteiger partial charge on any atom is 0.324 e. The molecular weight excluding hydrogens is 310 g/mol. The van der Waals surface area contributed by atoms with Gasteiger partial charge in [0, 0.05) is 0 Å². The summed E-state index contributed by atoms with van der Waals surface area (Å²) in [7, 11) is 0. The maximum atomic E-state index is 12.5. The lowest BCUT2D eigenvalue weighted by molar-refractivity contribution is -0.171. The van der Waals surface area contributed by atoms with Gasteiger partial charge in [0.2, 0.25) is 0 Å². The Labute approximate surface area is 141 Å². The quantitative estimate of drug-likeness (QED) is 0.447. The minimum absolute atomic E-state index is 0.0424. The zero-order valence-corrected chi connectivity index (χ0v) is 13.8. The first-order chi connectivity index (χ1) is 11.5. The highest BCUT2D eigenvalue weighted by molar-refractivity contribution is 6.00. The van der Waals surface area contributed by atoms with Crippen molar-refractivity contribution in [3.8, 4) is 6.07 Å². The molecule has 0 spiro atoms. The van der Waals surface area contributed by atoms with Crippen molar-refractivity contribution in [2.24, 2.45) is 5.41 Å². The molecule has 1 rings (SSSR count). The fourth-order valence-corrected chi connectivity index (χ4v) is 2.30. The van der Waals surface area contributed by atoms with Crippen molar-refractivity contribution in [3.63, 3.8) is 0 Å². The van der Waals surface area contributed by atoms with Gasteiger partial charge in [-0.15, -0.1) is 0 Å². The molecule has 0 bridgehead atoms. The second kappa shape index (κ2) is 9.36. The van der Waals surface area contributed by atoms with Gasteiger partial charge < -0.3 is 14.6 Å². The number of esters is 2. The fraction of sp³-hybridized carbons (Fsp3) is 0.389. The number of nitrogens with zero attached hydrogens (tertiary/aromatic N) is 1. The second-order valence-corrected chi connectivity index (χ2v) is 5.10. The molecule has 0 heterocycles. The minimum atomic E-state index is -1.58. The number of carbonyl (C=O) groups excluding carboxylic acids is 2. The normalized spacial score (nSPS) is 11.0. The van der Waals surface area contributed by atoms with E-state index in [1.165, 1.54) is 6.08 Å². The summed E-state index contributed by atoms with van der Waals surface area (Å²) in [6, 6.07) is 8.58. The topological polar surface area (TPSA) is 96.6 Å². The standard InChI is InChI=1S/C18H21NO5/c1-3-23-16(21)18(10-5-11-20,17(22)24-4-2)12-14-6-8-15(13-19)9-7-14/h5-9,11,20H,3-4,10,12H2,1-2H3/b11-5-. The van der Waals surface area contributed by atoms with Crippen LogP contribution in [0.25, 0.3) is 0 Å². The smallest absolute Gasteiger partial charge is 0.324 e. The van der Waals surface area contributed by atoms with Crippen molar-refractivity contribution >= 4 is 11.9 Å². The number of aliphatic hydroxyl groups is 1. The van der Waals surface area contributed by atoms with Crippen LogP contribution in [0.4, 0.5) is 0 Å². The number of aliphatic hydroxyl groups excluding tert-OH is 1.